The molecule has 0 saturated heterocycles. The fourth-order valence-corrected chi connectivity index (χ4v) is 2.73. The van der Waals surface area contributed by atoms with Gasteiger partial charge in [-0.05, 0) is 17.7 Å². The lowest BCUT2D eigenvalue weighted by Gasteiger charge is -2.10. The molecule has 2 heterocycles. The highest BCUT2D eigenvalue weighted by atomic mass is 16.5. The second-order valence-corrected chi connectivity index (χ2v) is 5.59. The van der Waals surface area contributed by atoms with E-state index in [0.717, 1.165) is 16.3 Å². The molecule has 0 aliphatic heterocycles. The van der Waals surface area contributed by atoms with Crippen molar-refractivity contribution in [2.75, 3.05) is 13.2 Å². The number of hydrogen-bond acceptors (Lipinski definition) is 5. The number of furan rings is 1. The van der Waals surface area contributed by atoms with Gasteiger partial charge in [-0.1, -0.05) is 30.3 Å². The van der Waals surface area contributed by atoms with Crippen LogP contribution in [0.4, 0.5) is 0 Å². The van der Waals surface area contributed by atoms with E-state index < -0.39 is 5.63 Å². The van der Waals surface area contributed by atoms with E-state index in [0.29, 0.717) is 36.7 Å². The Morgan fingerprint density at radius 2 is 1.72 bits per heavy atom. The van der Waals surface area contributed by atoms with E-state index in [2.05, 4.69) is 0 Å². The lowest BCUT2D eigenvalue weighted by atomic mass is 10.1. The zero-order valence-corrected chi connectivity index (χ0v) is 13.4. The Hall–Kier alpha value is -3.05. The van der Waals surface area contributed by atoms with Gasteiger partial charge in [-0.2, -0.15) is 0 Å². The van der Waals surface area contributed by atoms with Crippen molar-refractivity contribution in [2.24, 2.45) is 0 Å². The van der Waals surface area contributed by atoms with Crippen LogP contribution in [-0.4, -0.2) is 13.2 Å². The van der Waals surface area contributed by atoms with Crippen molar-refractivity contribution in [2.45, 2.75) is 6.61 Å². The van der Waals surface area contributed by atoms with Crippen LogP contribution in [0.5, 0.6) is 5.75 Å². The van der Waals surface area contributed by atoms with Gasteiger partial charge in [-0.25, -0.2) is 4.79 Å². The van der Waals surface area contributed by atoms with Gasteiger partial charge < -0.3 is 18.3 Å². The predicted octanol–water partition coefficient (Wildman–Crippen LogP) is 4.13. The molecule has 4 aromatic rings. The molecule has 0 fully saturated rings. The van der Waals surface area contributed by atoms with Crippen molar-refractivity contribution < 1.29 is 18.3 Å². The molecule has 4 rings (SSSR count). The van der Waals surface area contributed by atoms with E-state index in [9.17, 15) is 4.79 Å². The third kappa shape index (κ3) is 3.27. The standard InChI is InChI=1S/C20H16O5/c21-19-7-6-15-18(25-19)12-17-16(8-9-23-17)20(15)24-11-10-22-13-14-4-2-1-3-5-14/h1-9,12H,10-11,13H2. The largest absolute Gasteiger partial charge is 0.490 e. The number of fused-ring (bicyclic) bond motifs is 2. The molecule has 0 amide bonds. The summed E-state index contributed by atoms with van der Waals surface area (Å²) in [5, 5.41) is 1.57. The number of rotatable bonds is 6. The van der Waals surface area contributed by atoms with Gasteiger partial charge >= 0.3 is 5.63 Å². The van der Waals surface area contributed by atoms with Crippen molar-refractivity contribution in [1.29, 1.82) is 0 Å². The van der Waals surface area contributed by atoms with E-state index in [1.54, 1.807) is 18.4 Å². The number of benzene rings is 2. The maximum Gasteiger partial charge on any atom is 0.336 e. The first kappa shape index (κ1) is 15.5. The molecule has 0 saturated carbocycles. The summed E-state index contributed by atoms with van der Waals surface area (Å²) in [6.07, 6.45) is 1.58. The van der Waals surface area contributed by atoms with Gasteiger partial charge in [0.1, 0.15) is 23.5 Å². The highest BCUT2D eigenvalue weighted by Gasteiger charge is 2.13. The van der Waals surface area contributed by atoms with Crippen molar-refractivity contribution in [3.05, 3.63) is 76.8 Å². The molecular weight excluding hydrogens is 320 g/mol. The monoisotopic (exact) mass is 336 g/mol. The van der Waals surface area contributed by atoms with Crippen molar-refractivity contribution in [1.82, 2.24) is 0 Å². The predicted molar refractivity (Wildman–Crippen MR) is 93.8 cm³/mol. The first-order chi connectivity index (χ1) is 12.3. The zero-order chi connectivity index (χ0) is 17.1. The molecule has 0 radical (unpaired) electrons. The molecule has 2 aromatic heterocycles. The topological polar surface area (TPSA) is 61.8 Å². The summed E-state index contributed by atoms with van der Waals surface area (Å²) in [4.78, 5) is 11.4. The fraction of sp³-hybridized carbons (Fsp3) is 0.150. The molecule has 0 spiro atoms. The maximum absolute atomic E-state index is 11.4. The molecule has 2 aromatic carbocycles. The summed E-state index contributed by atoms with van der Waals surface area (Å²) in [6.45, 7) is 1.36. The first-order valence-corrected chi connectivity index (χ1v) is 8.00. The Morgan fingerprint density at radius 1 is 0.880 bits per heavy atom. The minimum Gasteiger partial charge on any atom is -0.490 e. The molecular formula is C20H16O5. The van der Waals surface area contributed by atoms with Crippen molar-refractivity contribution in [3.8, 4) is 5.75 Å². The number of ether oxygens (including phenoxy) is 2. The maximum atomic E-state index is 11.4. The molecule has 0 unspecified atom stereocenters. The second kappa shape index (κ2) is 6.83. The van der Waals surface area contributed by atoms with Crippen LogP contribution in [-0.2, 0) is 11.3 Å². The summed E-state index contributed by atoms with van der Waals surface area (Å²) in [5.74, 6) is 0.633. The zero-order valence-electron chi connectivity index (χ0n) is 13.4. The van der Waals surface area contributed by atoms with Crippen LogP contribution in [0.1, 0.15) is 5.56 Å². The fourth-order valence-electron chi connectivity index (χ4n) is 2.73. The molecule has 0 aliphatic rings. The average Bonchev–Trinajstić information content (AvgIpc) is 3.09. The molecule has 5 nitrogen and oxygen atoms in total. The summed E-state index contributed by atoms with van der Waals surface area (Å²) < 4.78 is 22.2. The van der Waals surface area contributed by atoms with Gasteiger partial charge in [0.15, 0.2) is 0 Å². The third-order valence-corrected chi connectivity index (χ3v) is 3.89. The smallest absolute Gasteiger partial charge is 0.336 e. The van der Waals surface area contributed by atoms with Crippen molar-refractivity contribution >= 4 is 21.9 Å². The highest BCUT2D eigenvalue weighted by molar-refractivity contribution is 6.01. The summed E-state index contributed by atoms with van der Waals surface area (Å²) in [6, 6.07) is 16.6. The van der Waals surface area contributed by atoms with E-state index in [1.807, 2.05) is 36.4 Å². The molecule has 5 heteroatoms. The van der Waals surface area contributed by atoms with E-state index in [4.69, 9.17) is 18.3 Å². The summed E-state index contributed by atoms with van der Waals surface area (Å²) >= 11 is 0. The lowest BCUT2D eigenvalue weighted by Crippen LogP contribution is -2.07. The van der Waals surface area contributed by atoms with Crippen LogP contribution >= 0.6 is 0 Å². The van der Waals surface area contributed by atoms with Gasteiger partial charge in [-0.15, -0.1) is 0 Å². The van der Waals surface area contributed by atoms with Crippen LogP contribution in [0.2, 0.25) is 0 Å². The summed E-state index contributed by atoms with van der Waals surface area (Å²) in [7, 11) is 0. The normalized spacial score (nSPS) is 11.2. The quantitative estimate of drug-likeness (QED) is 0.391. The molecule has 0 bridgehead atoms. The van der Waals surface area contributed by atoms with Crippen LogP contribution in [0.15, 0.2) is 74.5 Å². The van der Waals surface area contributed by atoms with Gasteiger partial charge in [0.2, 0.25) is 0 Å². The van der Waals surface area contributed by atoms with E-state index in [-0.39, 0.29) is 0 Å². The SMILES string of the molecule is O=c1ccc2c(OCCOCc3ccccc3)c3ccoc3cc2o1. The van der Waals surface area contributed by atoms with E-state index >= 15 is 0 Å². The molecule has 0 N–H and O–H groups in total. The van der Waals surface area contributed by atoms with Gasteiger partial charge in [0.05, 0.1) is 30.2 Å². The Morgan fingerprint density at radius 3 is 2.60 bits per heavy atom. The van der Waals surface area contributed by atoms with Gasteiger partial charge in [0.25, 0.3) is 0 Å². The minimum atomic E-state index is -0.407. The molecule has 0 aliphatic carbocycles. The Balaban J connectivity index is 1.50. The molecule has 126 valence electrons. The van der Waals surface area contributed by atoms with Crippen molar-refractivity contribution in [3.63, 3.8) is 0 Å². The third-order valence-electron chi connectivity index (χ3n) is 3.89. The van der Waals surface area contributed by atoms with Crippen LogP contribution in [0, 0.1) is 0 Å². The van der Waals surface area contributed by atoms with Crippen LogP contribution in [0.3, 0.4) is 0 Å². The second-order valence-electron chi connectivity index (χ2n) is 5.59. The molecule has 0 atom stereocenters. The highest BCUT2D eigenvalue weighted by Crippen LogP contribution is 2.34. The Bertz CT molecular complexity index is 1050. The van der Waals surface area contributed by atoms with Gasteiger partial charge in [-0.3, -0.25) is 0 Å². The average molecular weight is 336 g/mol. The van der Waals surface area contributed by atoms with Crippen LogP contribution in [0.25, 0.3) is 21.9 Å². The first-order valence-electron chi connectivity index (χ1n) is 8.00. The number of hydrogen-bond donors (Lipinski definition) is 0. The summed E-state index contributed by atoms with van der Waals surface area (Å²) in [5.41, 5.74) is 1.76. The minimum absolute atomic E-state index is 0.380. The Labute approximate surface area is 143 Å². The van der Waals surface area contributed by atoms with Gasteiger partial charge in [0, 0.05) is 12.1 Å². The van der Waals surface area contributed by atoms with Crippen LogP contribution < -0.4 is 10.4 Å². The Kier molecular flexibility index (Phi) is 4.23. The lowest BCUT2D eigenvalue weighted by molar-refractivity contribution is 0.0898. The molecule has 25 heavy (non-hydrogen) atoms. The van der Waals surface area contributed by atoms with E-state index in [1.165, 1.54) is 6.07 Å².